The van der Waals surface area contributed by atoms with Gasteiger partial charge in [0.05, 0.1) is 5.69 Å². The molecule has 2 atom stereocenters. The fourth-order valence-electron chi connectivity index (χ4n) is 2.47. The molecule has 1 fully saturated rings. The average Bonchev–Trinajstić information content (AvgIpc) is 2.78. The van der Waals surface area contributed by atoms with E-state index in [0.717, 1.165) is 33.7 Å². The van der Waals surface area contributed by atoms with Crippen LogP contribution in [0.3, 0.4) is 0 Å². The fraction of sp³-hybridized carbons (Fsp3) is 0.571. The van der Waals surface area contributed by atoms with Gasteiger partial charge in [-0.15, -0.1) is 0 Å². The number of anilines is 1. The van der Waals surface area contributed by atoms with Gasteiger partial charge in [0.2, 0.25) is 0 Å². The molecule has 100 valence electrons. The number of halogens is 2. The van der Waals surface area contributed by atoms with Crippen LogP contribution in [0.1, 0.15) is 31.7 Å². The van der Waals surface area contributed by atoms with Crippen molar-refractivity contribution in [1.82, 2.24) is 5.32 Å². The molecule has 18 heavy (non-hydrogen) atoms. The van der Waals surface area contributed by atoms with E-state index >= 15 is 0 Å². The Hall–Kier alpha value is -0.250. The van der Waals surface area contributed by atoms with Crippen LogP contribution in [0, 0.1) is 6.92 Å². The normalized spacial score (nSPS) is 21.0. The summed E-state index contributed by atoms with van der Waals surface area (Å²) in [6.45, 7) is 5.40. The zero-order valence-electron chi connectivity index (χ0n) is 10.9. The molecule has 1 aromatic rings. The highest BCUT2D eigenvalue weighted by molar-refractivity contribution is 9.10. The number of hydrogen-bond donors (Lipinski definition) is 2. The lowest BCUT2D eigenvalue weighted by molar-refractivity contribution is 0.523. The highest BCUT2D eigenvalue weighted by Gasteiger charge is 2.17. The Bertz CT molecular complexity index is 417. The summed E-state index contributed by atoms with van der Waals surface area (Å²) >= 11 is 9.75. The summed E-state index contributed by atoms with van der Waals surface area (Å²) in [7, 11) is 0. The molecule has 1 heterocycles. The Morgan fingerprint density at radius 2 is 2.33 bits per heavy atom. The van der Waals surface area contributed by atoms with Gasteiger partial charge < -0.3 is 10.6 Å². The predicted molar refractivity (Wildman–Crippen MR) is 82.6 cm³/mol. The smallest absolute Gasteiger partial charge is 0.0501 e. The first-order valence-corrected chi connectivity index (χ1v) is 7.69. The van der Waals surface area contributed by atoms with Gasteiger partial charge >= 0.3 is 0 Å². The molecule has 2 unspecified atom stereocenters. The average molecular weight is 332 g/mol. The molecule has 0 radical (unpaired) electrons. The van der Waals surface area contributed by atoms with Gasteiger partial charge in [-0.3, -0.25) is 0 Å². The SMILES string of the molecule is Cc1cc(Br)c(NC(C)CC2CCCN2)cc1Cl. The first-order valence-electron chi connectivity index (χ1n) is 6.52. The van der Waals surface area contributed by atoms with Crippen LogP contribution < -0.4 is 10.6 Å². The van der Waals surface area contributed by atoms with Crippen LogP contribution >= 0.6 is 27.5 Å². The number of nitrogens with one attached hydrogen (secondary N) is 2. The Labute approximate surface area is 123 Å². The van der Waals surface area contributed by atoms with Crippen LogP contribution in [0.15, 0.2) is 16.6 Å². The summed E-state index contributed by atoms with van der Waals surface area (Å²) in [5.74, 6) is 0. The third kappa shape index (κ3) is 3.62. The third-order valence-electron chi connectivity index (χ3n) is 3.45. The lowest BCUT2D eigenvalue weighted by Crippen LogP contribution is -2.29. The topological polar surface area (TPSA) is 24.1 Å². The molecule has 0 bridgehead atoms. The quantitative estimate of drug-likeness (QED) is 0.857. The Balaban J connectivity index is 1.97. The lowest BCUT2D eigenvalue weighted by atomic mass is 10.1. The molecular weight excluding hydrogens is 312 g/mol. The highest BCUT2D eigenvalue weighted by atomic mass is 79.9. The van der Waals surface area contributed by atoms with E-state index in [9.17, 15) is 0 Å². The van der Waals surface area contributed by atoms with Gasteiger partial charge in [-0.1, -0.05) is 11.6 Å². The van der Waals surface area contributed by atoms with Gasteiger partial charge in [0.1, 0.15) is 0 Å². The predicted octanol–water partition coefficient (Wildman–Crippen LogP) is 4.35. The molecule has 2 rings (SSSR count). The van der Waals surface area contributed by atoms with E-state index in [2.05, 4.69) is 39.6 Å². The summed E-state index contributed by atoms with van der Waals surface area (Å²) in [5, 5.41) is 7.88. The second-order valence-electron chi connectivity index (χ2n) is 5.16. The van der Waals surface area contributed by atoms with E-state index in [1.54, 1.807) is 0 Å². The van der Waals surface area contributed by atoms with Crippen molar-refractivity contribution in [3.8, 4) is 0 Å². The van der Waals surface area contributed by atoms with Gasteiger partial charge in [0, 0.05) is 21.6 Å². The Morgan fingerprint density at radius 3 is 3.00 bits per heavy atom. The first kappa shape index (κ1) is 14.2. The molecule has 4 heteroatoms. The van der Waals surface area contributed by atoms with Crippen LogP contribution in [0.5, 0.6) is 0 Å². The van der Waals surface area contributed by atoms with E-state index in [1.165, 1.54) is 12.8 Å². The second kappa shape index (κ2) is 6.27. The molecule has 0 saturated carbocycles. The van der Waals surface area contributed by atoms with E-state index in [4.69, 9.17) is 11.6 Å². The minimum absolute atomic E-state index is 0.440. The first-order chi connectivity index (χ1) is 8.56. The molecule has 0 aromatic heterocycles. The van der Waals surface area contributed by atoms with Gasteiger partial charge in [0.25, 0.3) is 0 Å². The molecule has 2 N–H and O–H groups in total. The highest BCUT2D eigenvalue weighted by Crippen LogP contribution is 2.30. The second-order valence-corrected chi connectivity index (χ2v) is 6.42. The van der Waals surface area contributed by atoms with Crippen molar-refractivity contribution in [3.63, 3.8) is 0 Å². The minimum atomic E-state index is 0.440. The zero-order chi connectivity index (χ0) is 13.1. The van der Waals surface area contributed by atoms with Gasteiger partial charge in [0.15, 0.2) is 0 Å². The van der Waals surface area contributed by atoms with E-state index in [0.29, 0.717) is 12.1 Å². The summed E-state index contributed by atoms with van der Waals surface area (Å²) in [6, 6.07) is 5.16. The van der Waals surface area contributed by atoms with Crippen molar-refractivity contribution >= 4 is 33.2 Å². The van der Waals surface area contributed by atoms with Crippen molar-refractivity contribution < 1.29 is 0 Å². The molecule has 2 nitrogen and oxygen atoms in total. The molecule has 1 aromatic carbocycles. The van der Waals surface area contributed by atoms with Gasteiger partial charge in [-0.25, -0.2) is 0 Å². The van der Waals surface area contributed by atoms with Gasteiger partial charge in [-0.05, 0) is 73.3 Å². The minimum Gasteiger partial charge on any atom is -0.382 e. The molecule has 0 aliphatic carbocycles. The number of rotatable bonds is 4. The number of benzene rings is 1. The van der Waals surface area contributed by atoms with Crippen LogP contribution in [0.2, 0.25) is 5.02 Å². The Kier molecular flexibility index (Phi) is 4.93. The van der Waals surface area contributed by atoms with Gasteiger partial charge in [-0.2, -0.15) is 0 Å². The third-order valence-corrected chi connectivity index (χ3v) is 4.51. The molecular formula is C14H20BrClN2. The molecule has 0 spiro atoms. The van der Waals surface area contributed by atoms with Crippen molar-refractivity contribution in [3.05, 3.63) is 27.2 Å². The summed E-state index contributed by atoms with van der Waals surface area (Å²) < 4.78 is 1.08. The van der Waals surface area contributed by atoms with Crippen molar-refractivity contribution in [1.29, 1.82) is 0 Å². The summed E-state index contributed by atoms with van der Waals surface area (Å²) in [6.07, 6.45) is 3.75. The van der Waals surface area contributed by atoms with Crippen molar-refractivity contribution in [2.75, 3.05) is 11.9 Å². The van der Waals surface area contributed by atoms with Crippen molar-refractivity contribution in [2.24, 2.45) is 0 Å². The Morgan fingerprint density at radius 1 is 1.56 bits per heavy atom. The molecule has 1 saturated heterocycles. The van der Waals surface area contributed by atoms with Crippen LogP contribution in [0.25, 0.3) is 0 Å². The molecule has 1 aliphatic rings. The molecule has 1 aliphatic heterocycles. The number of aryl methyl sites for hydroxylation is 1. The lowest BCUT2D eigenvalue weighted by Gasteiger charge is -2.20. The van der Waals surface area contributed by atoms with E-state index in [-0.39, 0.29) is 0 Å². The molecule has 0 amide bonds. The standard InChI is InChI=1S/C14H20BrClN2/c1-9-6-12(15)14(8-13(9)16)18-10(2)7-11-4-3-5-17-11/h6,8,10-11,17-18H,3-5,7H2,1-2H3. The van der Waals surface area contributed by atoms with Crippen LogP contribution in [-0.2, 0) is 0 Å². The van der Waals surface area contributed by atoms with Crippen molar-refractivity contribution in [2.45, 2.75) is 45.2 Å². The monoisotopic (exact) mass is 330 g/mol. The zero-order valence-corrected chi connectivity index (χ0v) is 13.2. The largest absolute Gasteiger partial charge is 0.382 e. The number of hydrogen-bond acceptors (Lipinski definition) is 2. The van der Waals surface area contributed by atoms with Crippen LogP contribution in [-0.4, -0.2) is 18.6 Å². The van der Waals surface area contributed by atoms with E-state index < -0.39 is 0 Å². The summed E-state index contributed by atoms with van der Waals surface area (Å²) in [5.41, 5.74) is 2.18. The van der Waals surface area contributed by atoms with Crippen LogP contribution in [0.4, 0.5) is 5.69 Å². The maximum absolute atomic E-state index is 6.17. The maximum atomic E-state index is 6.17. The van der Waals surface area contributed by atoms with E-state index in [1.807, 2.05) is 13.0 Å². The fourth-order valence-corrected chi connectivity index (χ4v) is 3.20. The summed E-state index contributed by atoms with van der Waals surface area (Å²) in [4.78, 5) is 0. The maximum Gasteiger partial charge on any atom is 0.0501 e.